The Morgan fingerprint density at radius 1 is 1.23 bits per heavy atom. The van der Waals surface area contributed by atoms with E-state index in [2.05, 4.69) is 48.7 Å². The highest BCUT2D eigenvalue weighted by molar-refractivity contribution is 5.85. The van der Waals surface area contributed by atoms with Crippen LogP contribution in [0, 0.1) is 11.3 Å². The maximum absolute atomic E-state index is 12.6. The van der Waals surface area contributed by atoms with Gasteiger partial charge in [0, 0.05) is 5.92 Å². The average Bonchev–Trinajstić information content (AvgIpc) is 2.51. The first-order valence-corrected chi connectivity index (χ1v) is 8.17. The third-order valence-electron chi connectivity index (χ3n) is 5.18. The van der Waals surface area contributed by atoms with Crippen molar-refractivity contribution in [3.8, 4) is 0 Å². The van der Waals surface area contributed by atoms with Crippen molar-refractivity contribution in [2.75, 3.05) is 13.1 Å². The number of piperidine rings is 1. The molecule has 1 atom stereocenters. The number of hydrogen-bond acceptors (Lipinski definition) is 2. The van der Waals surface area contributed by atoms with Gasteiger partial charge in [-0.2, -0.15) is 0 Å². The number of benzene rings is 1. The maximum atomic E-state index is 12.6. The number of carbonyl (C=O) groups excluding carboxylic acids is 1. The van der Waals surface area contributed by atoms with Gasteiger partial charge in [0.2, 0.25) is 5.91 Å². The fraction of sp³-hybridized carbons (Fsp3) is 0.611. The normalized spacial score (nSPS) is 24.0. The van der Waals surface area contributed by atoms with Crippen molar-refractivity contribution in [2.24, 2.45) is 11.3 Å². The summed E-state index contributed by atoms with van der Waals surface area (Å²) in [4.78, 5) is 12.6. The highest BCUT2D eigenvalue weighted by Crippen LogP contribution is 2.43. The van der Waals surface area contributed by atoms with Crippen molar-refractivity contribution < 1.29 is 4.79 Å². The molecule has 2 aliphatic rings. The Balaban J connectivity index is 0.00000176. The summed E-state index contributed by atoms with van der Waals surface area (Å²) in [5, 5.41) is 6.69. The first kappa shape index (κ1) is 17.3. The molecule has 2 N–H and O–H groups in total. The number of hydrogen-bond donors (Lipinski definition) is 2. The Bertz CT molecular complexity index is 524. The van der Waals surface area contributed by atoms with E-state index >= 15 is 0 Å². The van der Waals surface area contributed by atoms with E-state index < -0.39 is 0 Å². The minimum absolute atomic E-state index is 0. The molecule has 1 fully saturated rings. The first-order chi connectivity index (χ1) is 10.1. The Kier molecular flexibility index (Phi) is 5.51. The summed E-state index contributed by atoms with van der Waals surface area (Å²) in [5.74, 6) is 0.419. The summed E-state index contributed by atoms with van der Waals surface area (Å²) in [6, 6.07) is 8.72. The first-order valence-electron chi connectivity index (χ1n) is 8.17. The Hall–Kier alpha value is -1.06. The van der Waals surface area contributed by atoms with E-state index in [1.165, 1.54) is 11.1 Å². The fourth-order valence-electron chi connectivity index (χ4n) is 3.68. The van der Waals surface area contributed by atoms with Crippen molar-refractivity contribution in [1.82, 2.24) is 10.6 Å². The zero-order valence-electron chi connectivity index (χ0n) is 13.5. The molecule has 0 spiro atoms. The monoisotopic (exact) mass is 322 g/mol. The van der Waals surface area contributed by atoms with Crippen LogP contribution in [0.25, 0.3) is 0 Å². The van der Waals surface area contributed by atoms with Crippen LogP contribution in [0.5, 0.6) is 0 Å². The smallest absolute Gasteiger partial charge is 0.223 e. The highest BCUT2D eigenvalue weighted by atomic mass is 35.5. The van der Waals surface area contributed by atoms with Crippen molar-refractivity contribution in [3.05, 3.63) is 35.4 Å². The second-order valence-corrected chi connectivity index (χ2v) is 7.15. The van der Waals surface area contributed by atoms with Crippen LogP contribution in [-0.2, 0) is 11.2 Å². The fourth-order valence-corrected chi connectivity index (χ4v) is 3.68. The van der Waals surface area contributed by atoms with Crippen molar-refractivity contribution >= 4 is 18.3 Å². The zero-order chi connectivity index (χ0) is 14.9. The van der Waals surface area contributed by atoms with E-state index in [0.717, 1.165) is 38.8 Å². The zero-order valence-corrected chi connectivity index (χ0v) is 14.3. The molecule has 0 radical (unpaired) electrons. The van der Waals surface area contributed by atoms with Crippen LogP contribution >= 0.6 is 12.4 Å². The number of nitrogens with one attached hydrogen (secondary N) is 2. The molecule has 22 heavy (non-hydrogen) atoms. The van der Waals surface area contributed by atoms with Crippen molar-refractivity contribution in [1.29, 1.82) is 0 Å². The molecule has 1 aliphatic heterocycles. The molecule has 4 heteroatoms. The highest BCUT2D eigenvalue weighted by Gasteiger charge is 2.37. The molecule has 1 unspecified atom stereocenters. The minimum atomic E-state index is 0. The number of fused-ring (bicyclic) bond motifs is 1. The number of aryl methyl sites for hydroxylation is 1. The number of carbonyl (C=O) groups is 1. The van der Waals surface area contributed by atoms with Gasteiger partial charge in [-0.15, -0.1) is 12.4 Å². The molecule has 1 amide bonds. The second kappa shape index (κ2) is 7.01. The summed E-state index contributed by atoms with van der Waals surface area (Å²) in [6.07, 6.45) is 4.16. The van der Waals surface area contributed by atoms with Crippen LogP contribution in [0.4, 0.5) is 0 Å². The third-order valence-corrected chi connectivity index (χ3v) is 5.18. The molecule has 1 aromatic carbocycles. The Morgan fingerprint density at radius 2 is 1.91 bits per heavy atom. The van der Waals surface area contributed by atoms with Gasteiger partial charge in [-0.25, -0.2) is 0 Å². The predicted octanol–water partition coefficient (Wildman–Crippen LogP) is 3.24. The third kappa shape index (κ3) is 3.47. The summed E-state index contributed by atoms with van der Waals surface area (Å²) in [6.45, 7) is 6.47. The SMILES string of the molecule is CC1(C)CCc2ccccc2C1NC(=O)C1CCNCC1.Cl. The van der Waals surface area contributed by atoms with Gasteiger partial charge in [-0.3, -0.25) is 4.79 Å². The van der Waals surface area contributed by atoms with Gasteiger partial charge >= 0.3 is 0 Å². The van der Waals surface area contributed by atoms with Gasteiger partial charge in [0.25, 0.3) is 0 Å². The van der Waals surface area contributed by atoms with E-state index in [-0.39, 0.29) is 35.7 Å². The van der Waals surface area contributed by atoms with Gasteiger partial charge in [0.05, 0.1) is 6.04 Å². The van der Waals surface area contributed by atoms with Gasteiger partial charge in [-0.1, -0.05) is 38.1 Å². The van der Waals surface area contributed by atoms with Gasteiger partial charge in [0.15, 0.2) is 0 Å². The van der Waals surface area contributed by atoms with E-state index in [1.54, 1.807) is 0 Å². The molecular weight excluding hydrogens is 296 g/mol. The summed E-state index contributed by atoms with van der Waals surface area (Å²) in [7, 11) is 0. The topological polar surface area (TPSA) is 41.1 Å². The summed E-state index contributed by atoms with van der Waals surface area (Å²) in [5.41, 5.74) is 2.83. The van der Waals surface area contributed by atoms with Crippen LogP contribution in [0.15, 0.2) is 24.3 Å². The standard InChI is InChI=1S/C18H26N2O.ClH/c1-18(2)10-7-13-5-3-4-6-15(13)16(18)20-17(21)14-8-11-19-12-9-14;/h3-6,14,16,19H,7-12H2,1-2H3,(H,20,21);1H. The van der Waals surface area contributed by atoms with Gasteiger partial charge in [0.1, 0.15) is 0 Å². The molecule has 1 saturated heterocycles. The molecule has 122 valence electrons. The molecular formula is C18H27ClN2O. The number of amides is 1. The van der Waals surface area contributed by atoms with Crippen LogP contribution < -0.4 is 10.6 Å². The largest absolute Gasteiger partial charge is 0.349 e. The summed E-state index contributed by atoms with van der Waals surface area (Å²) >= 11 is 0. The summed E-state index contributed by atoms with van der Waals surface area (Å²) < 4.78 is 0. The molecule has 1 aliphatic carbocycles. The predicted molar refractivity (Wildman–Crippen MR) is 92.3 cm³/mol. The minimum Gasteiger partial charge on any atom is -0.349 e. The van der Waals surface area contributed by atoms with E-state index in [1.807, 2.05) is 0 Å². The Morgan fingerprint density at radius 3 is 2.64 bits per heavy atom. The molecule has 1 aromatic rings. The lowest BCUT2D eigenvalue weighted by atomic mass is 9.70. The quantitative estimate of drug-likeness (QED) is 0.877. The van der Waals surface area contributed by atoms with Gasteiger partial charge < -0.3 is 10.6 Å². The number of rotatable bonds is 2. The second-order valence-electron chi connectivity index (χ2n) is 7.15. The Labute approximate surface area is 139 Å². The molecule has 0 bridgehead atoms. The van der Waals surface area contributed by atoms with Crippen LogP contribution in [0.3, 0.4) is 0 Å². The average molecular weight is 323 g/mol. The van der Waals surface area contributed by atoms with E-state index in [4.69, 9.17) is 0 Å². The van der Waals surface area contributed by atoms with E-state index in [9.17, 15) is 4.79 Å². The van der Waals surface area contributed by atoms with Crippen molar-refractivity contribution in [2.45, 2.75) is 45.6 Å². The molecule has 0 saturated carbocycles. The molecule has 1 heterocycles. The lowest BCUT2D eigenvalue weighted by Gasteiger charge is -2.41. The lowest BCUT2D eigenvalue weighted by molar-refractivity contribution is -0.127. The maximum Gasteiger partial charge on any atom is 0.223 e. The molecule has 3 nitrogen and oxygen atoms in total. The molecule has 3 rings (SSSR count). The molecule has 0 aromatic heterocycles. The van der Waals surface area contributed by atoms with Crippen LogP contribution in [0.2, 0.25) is 0 Å². The number of halogens is 1. The van der Waals surface area contributed by atoms with Crippen LogP contribution in [-0.4, -0.2) is 19.0 Å². The van der Waals surface area contributed by atoms with Gasteiger partial charge in [-0.05, 0) is 55.3 Å². The van der Waals surface area contributed by atoms with E-state index in [0.29, 0.717) is 0 Å². The lowest BCUT2D eigenvalue weighted by Crippen LogP contribution is -2.45. The van der Waals surface area contributed by atoms with Crippen LogP contribution in [0.1, 0.15) is 50.3 Å². The van der Waals surface area contributed by atoms with Crippen molar-refractivity contribution in [3.63, 3.8) is 0 Å².